The summed E-state index contributed by atoms with van der Waals surface area (Å²) >= 11 is 0. The summed E-state index contributed by atoms with van der Waals surface area (Å²) < 4.78 is 0. The second-order valence-electron chi connectivity index (χ2n) is 10.5. The third-order valence-electron chi connectivity index (χ3n) is 7.38. The van der Waals surface area contributed by atoms with Gasteiger partial charge in [-0.2, -0.15) is 0 Å². The number of urea groups is 1. The van der Waals surface area contributed by atoms with Crippen molar-refractivity contribution in [2.75, 3.05) is 0 Å². The molecule has 3 N–H and O–H groups in total. The quantitative estimate of drug-likeness (QED) is 0.154. The summed E-state index contributed by atoms with van der Waals surface area (Å²) in [5, 5.41) is 5.31. The molecule has 7 heteroatoms. The molecule has 0 aromatic heterocycles. The molecule has 0 fully saturated rings. The van der Waals surface area contributed by atoms with E-state index in [4.69, 9.17) is 10.6 Å². The number of carbonyl (C=O) groups is 3. The molecule has 1 unspecified atom stereocenters. The molecule has 4 aromatic rings. The predicted molar refractivity (Wildman–Crippen MR) is 165 cm³/mol. The molecule has 3 amide bonds. The highest BCUT2D eigenvalue weighted by atomic mass is 16.7. The van der Waals surface area contributed by atoms with E-state index in [2.05, 4.69) is 17.4 Å². The van der Waals surface area contributed by atoms with Crippen molar-refractivity contribution in [3.63, 3.8) is 0 Å². The maximum Gasteiger partial charge on any atom is 0.358 e. The average Bonchev–Trinajstić information content (AvgIpc) is 3.03. The van der Waals surface area contributed by atoms with Crippen LogP contribution in [0.1, 0.15) is 49.3 Å². The van der Waals surface area contributed by atoms with Crippen molar-refractivity contribution >= 4 is 28.7 Å². The van der Waals surface area contributed by atoms with Gasteiger partial charge in [-0.25, -0.2) is 9.59 Å². The van der Waals surface area contributed by atoms with Crippen molar-refractivity contribution in [1.29, 1.82) is 0 Å². The molecule has 0 saturated carbocycles. The van der Waals surface area contributed by atoms with Crippen LogP contribution in [-0.4, -0.2) is 29.0 Å². The van der Waals surface area contributed by atoms with Crippen LogP contribution < -0.4 is 11.1 Å². The van der Waals surface area contributed by atoms with E-state index in [0.29, 0.717) is 17.9 Å². The van der Waals surface area contributed by atoms with E-state index in [0.717, 1.165) is 41.2 Å². The fourth-order valence-corrected chi connectivity index (χ4v) is 4.91. The zero-order chi connectivity index (χ0) is 29.7. The Balaban J connectivity index is 1.41. The zero-order valence-electron chi connectivity index (χ0n) is 24.1. The molecule has 0 aliphatic carbocycles. The van der Waals surface area contributed by atoms with Crippen LogP contribution >= 0.6 is 0 Å². The summed E-state index contributed by atoms with van der Waals surface area (Å²) in [5.74, 6) is -1.84. The standard InChI is InChI=1S/C35H39N3O4/c1-2-29(18-10-9-15-26-13-5-3-6-14-26)34(40)42-38(35(41)37-25-27-16-7-4-8-17-27)33(39)32(36)24-28-21-22-30-19-11-12-20-31(30)23-28/h3-8,11-14,16-17,19-23,29,32H,2,9-10,15,18,24-25,36H2,1H3,(H,37,41)/t29?,32-/m0/s1. The lowest BCUT2D eigenvalue weighted by molar-refractivity contribution is -0.190. The highest BCUT2D eigenvalue weighted by molar-refractivity contribution is 5.97. The van der Waals surface area contributed by atoms with E-state index >= 15 is 0 Å². The maximum absolute atomic E-state index is 13.5. The maximum atomic E-state index is 13.5. The van der Waals surface area contributed by atoms with Crippen LogP contribution in [0.15, 0.2) is 103 Å². The van der Waals surface area contributed by atoms with Gasteiger partial charge in [0.15, 0.2) is 0 Å². The van der Waals surface area contributed by atoms with Crippen LogP contribution in [-0.2, 0) is 33.8 Å². The number of hydrogen-bond acceptors (Lipinski definition) is 5. The number of carbonyl (C=O) groups excluding carboxylic acids is 3. The summed E-state index contributed by atoms with van der Waals surface area (Å²) in [4.78, 5) is 45.4. The molecule has 0 aliphatic heterocycles. The molecule has 0 saturated heterocycles. The molecule has 218 valence electrons. The summed E-state index contributed by atoms with van der Waals surface area (Å²) in [7, 11) is 0. The third kappa shape index (κ3) is 8.75. The molecular weight excluding hydrogens is 526 g/mol. The largest absolute Gasteiger partial charge is 0.358 e. The summed E-state index contributed by atoms with van der Waals surface area (Å²) in [6.45, 7) is 2.06. The van der Waals surface area contributed by atoms with Crippen LogP contribution in [0, 0.1) is 5.92 Å². The number of nitrogens with two attached hydrogens (primary N) is 1. The number of benzene rings is 4. The minimum absolute atomic E-state index is 0.164. The fourth-order valence-electron chi connectivity index (χ4n) is 4.91. The fraction of sp³-hybridized carbons (Fsp3) is 0.286. The molecule has 0 bridgehead atoms. The third-order valence-corrected chi connectivity index (χ3v) is 7.38. The highest BCUT2D eigenvalue weighted by Gasteiger charge is 2.33. The second-order valence-corrected chi connectivity index (χ2v) is 10.5. The zero-order valence-corrected chi connectivity index (χ0v) is 24.1. The van der Waals surface area contributed by atoms with Gasteiger partial charge >= 0.3 is 12.0 Å². The Kier molecular flexibility index (Phi) is 11.2. The Hall–Kier alpha value is -4.49. The van der Waals surface area contributed by atoms with Crippen molar-refractivity contribution < 1.29 is 19.2 Å². The lowest BCUT2D eigenvalue weighted by atomic mass is 9.97. The summed E-state index contributed by atoms with van der Waals surface area (Å²) in [6, 6.07) is 31.3. The molecule has 4 rings (SSSR count). The van der Waals surface area contributed by atoms with Gasteiger partial charge in [-0.3, -0.25) is 4.79 Å². The molecule has 7 nitrogen and oxygen atoms in total. The van der Waals surface area contributed by atoms with Gasteiger partial charge in [-0.15, -0.1) is 0 Å². The minimum atomic E-state index is -1.09. The summed E-state index contributed by atoms with van der Waals surface area (Å²) in [6.07, 6.45) is 3.96. The normalized spacial score (nSPS) is 12.3. The lowest BCUT2D eigenvalue weighted by Gasteiger charge is -2.24. The highest BCUT2D eigenvalue weighted by Crippen LogP contribution is 2.19. The monoisotopic (exact) mass is 565 g/mol. The molecular formula is C35H39N3O4. The van der Waals surface area contributed by atoms with Gasteiger partial charge in [0.2, 0.25) is 0 Å². The molecule has 0 spiro atoms. The first-order valence-electron chi connectivity index (χ1n) is 14.6. The first kappa shape index (κ1) is 30.5. The molecule has 0 radical (unpaired) electrons. The number of amides is 3. The Morgan fingerprint density at radius 2 is 1.43 bits per heavy atom. The number of aryl methyl sites for hydroxylation is 1. The number of hydroxylamine groups is 2. The number of hydrogen-bond donors (Lipinski definition) is 2. The SMILES string of the molecule is CCC(CCCCc1ccccc1)C(=O)ON(C(=O)NCc1ccccc1)C(=O)[C@@H](N)Cc1ccc2ccccc2c1. The Morgan fingerprint density at radius 1 is 0.786 bits per heavy atom. The van der Waals surface area contributed by atoms with E-state index in [1.54, 1.807) is 0 Å². The van der Waals surface area contributed by atoms with Gasteiger partial charge in [0.1, 0.15) is 0 Å². The van der Waals surface area contributed by atoms with Crippen LogP contribution in [0.5, 0.6) is 0 Å². The number of rotatable bonds is 12. The topological polar surface area (TPSA) is 102 Å². The van der Waals surface area contributed by atoms with Crippen molar-refractivity contribution in [1.82, 2.24) is 10.4 Å². The Morgan fingerprint density at radius 3 is 2.12 bits per heavy atom. The second kappa shape index (κ2) is 15.5. The molecule has 0 aliphatic rings. The van der Waals surface area contributed by atoms with Gasteiger partial charge in [-0.05, 0) is 59.6 Å². The predicted octanol–water partition coefficient (Wildman–Crippen LogP) is 6.35. The van der Waals surface area contributed by atoms with Crippen LogP contribution in [0.3, 0.4) is 0 Å². The minimum Gasteiger partial charge on any atom is -0.331 e. The Bertz CT molecular complexity index is 1460. The number of unbranched alkanes of at least 4 members (excludes halogenated alkanes) is 1. The van der Waals surface area contributed by atoms with Crippen LogP contribution in [0.4, 0.5) is 4.79 Å². The van der Waals surface area contributed by atoms with Crippen LogP contribution in [0.25, 0.3) is 10.8 Å². The lowest BCUT2D eigenvalue weighted by Crippen LogP contribution is -2.52. The molecule has 42 heavy (non-hydrogen) atoms. The van der Waals surface area contributed by atoms with Crippen molar-refractivity contribution in [2.24, 2.45) is 11.7 Å². The number of nitrogens with zero attached hydrogens (tertiary/aromatic N) is 1. The van der Waals surface area contributed by atoms with E-state index in [-0.39, 0.29) is 13.0 Å². The molecule has 0 heterocycles. The Labute approximate surface area is 247 Å². The van der Waals surface area contributed by atoms with E-state index < -0.39 is 29.9 Å². The van der Waals surface area contributed by atoms with Crippen LogP contribution in [0.2, 0.25) is 0 Å². The number of imide groups is 1. The smallest absolute Gasteiger partial charge is 0.331 e. The first-order chi connectivity index (χ1) is 20.4. The van der Waals surface area contributed by atoms with Gasteiger partial charge in [0.05, 0.1) is 12.0 Å². The van der Waals surface area contributed by atoms with E-state index in [1.165, 1.54) is 5.56 Å². The van der Waals surface area contributed by atoms with Gasteiger partial charge in [0, 0.05) is 6.54 Å². The molecule has 4 aromatic carbocycles. The first-order valence-corrected chi connectivity index (χ1v) is 14.6. The van der Waals surface area contributed by atoms with Gasteiger partial charge in [-0.1, -0.05) is 122 Å². The van der Waals surface area contributed by atoms with E-state index in [1.807, 2.05) is 97.9 Å². The number of nitrogens with one attached hydrogen (secondary N) is 1. The number of fused-ring (bicyclic) bond motifs is 1. The molecule has 2 atom stereocenters. The van der Waals surface area contributed by atoms with Crippen molar-refractivity contribution in [3.05, 3.63) is 120 Å². The van der Waals surface area contributed by atoms with Gasteiger partial charge < -0.3 is 15.9 Å². The van der Waals surface area contributed by atoms with Gasteiger partial charge in [0.25, 0.3) is 5.91 Å². The van der Waals surface area contributed by atoms with E-state index in [9.17, 15) is 14.4 Å². The summed E-state index contributed by atoms with van der Waals surface area (Å²) in [5.41, 5.74) is 9.25. The average molecular weight is 566 g/mol. The van der Waals surface area contributed by atoms with Crippen molar-refractivity contribution in [2.45, 2.75) is 58.0 Å². The van der Waals surface area contributed by atoms with Crippen molar-refractivity contribution in [3.8, 4) is 0 Å².